The Morgan fingerprint density at radius 3 is 2.20 bits per heavy atom. The molecule has 0 bridgehead atoms. The highest BCUT2D eigenvalue weighted by Gasteiger charge is 2.35. The lowest BCUT2D eigenvalue weighted by atomic mass is 10.1. The summed E-state index contributed by atoms with van der Waals surface area (Å²) >= 11 is 6.12. The molecule has 3 aromatic rings. The molecule has 0 radical (unpaired) electrons. The third kappa shape index (κ3) is 6.80. The molecule has 0 saturated carbocycles. The number of hydrogen-bond donors (Lipinski definition) is 2. The number of nitrogens with one attached hydrogen (secondary N) is 1. The normalized spacial score (nSPS) is 12.4. The minimum absolute atomic E-state index is 0.00758. The van der Waals surface area contributed by atoms with Crippen molar-refractivity contribution in [1.82, 2.24) is 0 Å². The van der Waals surface area contributed by atoms with Gasteiger partial charge in [0.2, 0.25) is 0 Å². The molecule has 4 nitrogen and oxygen atoms in total. The van der Waals surface area contributed by atoms with Gasteiger partial charge in [0.15, 0.2) is 11.6 Å². The lowest BCUT2D eigenvalue weighted by Gasteiger charge is -2.24. The highest BCUT2D eigenvalue weighted by molar-refractivity contribution is 6.33. The van der Waals surface area contributed by atoms with E-state index in [1.165, 1.54) is 36.4 Å². The Labute approximate surface area is 200 Å². The van der Waals surface area contributed by atoms with Crippen molar-refractivity contribution < 1.29 is 35.6 Å². The monoisotopic (exact) mass is 519 g/mol. The molecule has 0 unspecified atom stereocenters. The second-order valence-electron chi connectivity index (χ2n) is 7.13. The maximum absolute atomic E-state index is 14.1. The maximum atomic E-state index is 14.1. The van der Waals surface area contributed by atoms with Crippen molar-refractivity contribution >= 4 is 28.7 Å². The molecule has 0 amide bonds. The van der Waals surface area contributed by atoms with Crippen LogP contribution < -0.4 is 21.2 Å². The zero-order valence-electron chi connectivity index (χ0n) is 17.6. The second-order valence-corrected chi connectivity index (χ2v) is 7.53. The molecule has 0 atom stereocenters. The molecular formula is C23H17ClF7N3O. The van der Waals surface area contributed by atoms with Crippen LogP contribution in [0.4, 0.5) is 42.1 Å². The predicted octanol–water partition coefficient (Wildman–Crippen LogP) is 7.58. The van der Waals surface area contributed by atoms with Crippen molar-refractivity contribution in [3.63, 3.8) is 0 Å². The van der Waals surface area contributed by atoms with E-state index in [9.17, 15) is 30.7 Å². The van der Waals surface area contributed by atoms with E-state index in [2.05, 4.69) is 5.48 Å². The molecule has 0 aliphatic carbocycles. The standard InChI is InChI=1S/C23H17ClF7N3O/c24-17-5-1-2-6-19(17)34(32)18(12-13-22(26,27)28)14-8-10-15(11-9-14)33-35-20-7-3-4-16(21(20)25)23(29,30)31/h1-12,33H,13,32H2/b18-12-. The van der Waals surface area contributed by atoms with Gasteiger partial charge < -0.3 is 4.84 Å². The number of allylic oxidation sites excluding steroid dienone is 1. The van der Waals surface area contributed by atoms with Crippen LogP contribution in [0.25, 0.3) is 5.70 Å². The molecule has 0 aromatic heterocycles. The first-order valence-corrected chi connectivity index (χ1v) is 10.2. The molecule has 3 rings (SSSR count). The highest BCUT2D eigenvalue weighted by atomic mass is 35.5. The quantitative estimate of drug-likeness (QED) is 0.192. The van der Waals surface area contributed by atoms with Crippen molar-refractivity contribution in [2.75, 3.05) is 10.5 Å². The van der Waals surface area contributed by atoms with Crippen LogP contribution in [0, 0.1) is 5.82 Å². The topological polar surface area (TPSA) is 50.5 Å². The molecule has 35 heavy (non-hydrogen) atoms. The summed E-state index contributed by atoms with van der Waals surface area (Å²) in [5.41, 5.74) is 1.51. The number of nitrogens with two attached hydrogens (primary N) is 1. The Kier molecular flexibility index (Phi) is 7.81. The van der Waals surface area contributed by atoms with E-state index in [4.69, 9.17) is 22.3 Å². The molecule has 3 N–H and O–H groups in total. The number of rotatable bonds is 7. The molecule has 3 aromatic carbocycles. The first-order chi connectivity index (χ1) is 16.4. The zero-order chi connectivity index (χ0) is 25.8. The summed E-state index contributed by atoms with van der Waals surface area (Å²) in [6.45, 7) is 0. The van der Waals surface area contributed by atoms with Gasteiger partial charge in [-0.2, -0.15) is 26.3 Å². The van der Waals surface area contributed by atoms with Gasteiger partial charge in [0.25, 0.3) is 0 Å². The Bertz CT molecular complexity index is 1190. The number of para-hydroxylation sites is 1. The molecule has 0 spiro atoms. The van der Waals surface area contributed by atoms with Crippen LogP contribution in [-0.2, 0) is 6.18 Å². The highest BCUT2D eigenvalue weighted by Crippen LogP contribution is 2.35. The van der Waals surface area contributed by atoms with Crippen molar-refractivity contribution in [3.05, 3.63) is 94.8 Å². The van der Waals surface area contributed by atoms with Crippen LogP contribution in [0.3, 0.4) is 0 Å². The Balaban J connectivity index is 1.83. The summed E-state index contributed by atoms with van der Waals surface area (Å²) in [4.78, 5) is 4.94. The molecule has 0 fully saturated rings. The first kappa shape index (κ1) is 26.2. The van der Waals surface area contributed by atoms with Crippen molar-refractivity contribution in [2.24, 2.45) is 5.84 Å². The Morgan fingerprint density at radius 1 is 0.943 bits per heavy atom. The fraction of sp³-hybridized carbons (Fsp3) is 0.130. The van der Waals surface area contributed by atoms with Crippen molar-refractivity contribution in [1.29, 1.82) is 0 Å². The zero-order valence-corrected chi connectivity index (χ0v) is 18.3. The van der Waals surface area contributed by atoms with E-state index in [0.717, 1.165) is 23.2 Å². The van der Waals surface area contributed by atoms with Gasteiger partial charge in [0.1, 0.15) is 0 Å². The molecular weight excluding hydrogens is 503 g/mol. The average Bonchev–Trinajstić information content (AvgIpc) is 2.78. The van der Waals surface area contributed by atoms with Crippen LogP contribution in [0.5, 0.6) is 5.75 Å². The summed E-state index contributed by atoms with van der Waals surface area (Å²) in [6.07, 6.45) is -9.77. The molecule has 0 aliphatic heterocycles. The summed E-state index contributed by atoms with van der Waals surface area (Å²) in [6, 6.07) is 14.4. The van der Waals surface area contributed by atoms with Gasteiger partial charge >= 0.3 is 12.4 Å². The van der Waals surface area contributed by atoms with E-state index in [1.54, 1.807) is 12.1 Å². The second kappa shape index (κ2) is 10.4. The SMILES string of the molecule is NN(/C(=C\CC(F)(F)F)c1ccc(NOc2cccc(C(F)(F)F)c2F)cc1)c1ccccc1Cl. The van der Waals surface area contributed by atoms with Gasteiger partial charge in [-0.15, -0.1) is 0 Å². The summed E-state index contributed by atoms with van der Waals surface area (Å²) in [5.74, 6) is 3.79. The third-order valence-electron chi connectivity index (χ3n) is 4.63. The number of nitrogens with zero attached hydrogens (tertiary/aromatic N) is 1. The largest absolute Gasteiger partial charge is 0.419 e. The van der Waals surface area contributed by atoms with Gasteiger partial charge in [0, 0.05) is 0 Å². The van der Waals surface area contributed by atoms with E-state index >= 15 is 0 Å². The van der Waals surface area contributed by atoms with Gasteiger partial charge in [-0.25, -0.2) is 15.7 Å². The number of halogens is 8. The van der Waals surface area contributed by atoms with Crippen LogP contribution in [0.15, 0.2) is 72.8 Å². The number of alkyl halides is 6. The van der Waals surface area contributed by atoms with E-state index in [0.29, 0.717) is 6.07 Å². The smallest absolute Gasteiger partial charge is 0.379 e. The molecule has 0 heterocycles. The summed E-state index contributed by atoms with van der Waals surface area (Å²) in [7, 11) is 0. The minimum Gasteiger partial charge on any atom is -0.379 e. The van der Waals surface area contributed by atoms with Crippen LogP contribution in [0.2, 0.25) is 5.02 Å². The number of hydrogen-bond acceptors (Lipinski definition) is 4. The van der Waals surface area contributed by atoms with Gasteiger partial charge in [-0.05, 0) is 48.0 Å². The molecule has 12 heteroatoms. The van der Waals surface area contributed by atoms with Gasteiger partial charge in [-0.3, -0.25) is 5.01 Å². The lowest BCUT2D eigenvalue weighted by molar-refractivity contribution is -0.140. The predicted molar refractivity (Wildman–Crippen MR) is 119 cm³/mol. The number of anilines is 2. The molecule has 186 valence electrons. The van der Waals surface area contributed by atoms with Crippen molar-refractivity contribution in [3.8, 4) is 5.75 Å². The van der Waals surface area contributed by atoms with E-state index < -0.39 is 35.9 Å². The Morgan fingerprint density at radius 2 is 1.60 bits per heavy atom. The number of hydrazine groups is 1. The van der Waals surface area contributed by atoms with Crippen LogP contribution in [-0.4, -0.2) is 6.18 Å². The fourth-order valence-electron chi connectivity index (χ4n) is 2.98. The fourth-order valence-corrected chi connectivity index (χ4v) is 3.20. The van der Waals surface area contributed by atoms with Crippen LogP contribution in [0.1, 0.15) is 17.5 Å². The van der Waals surface area contributed by atoms with Gasteiger partial charge in [-0.1, -0.05) is 41.9 Å². The molecule has 0 aliphatic rings. The average molecular weight is 520 g/mol. The van der Waals surface area contributed by atoms with Gasteiger partial charge in [0.05, 0.1) is 34.1 Å². The molecule has 0 saturated heterocycles. The summed E-state index contributed by atoms with van der Waals surface area (Å²) < 4.78 is 91.3. The summed E-state index contributed by atoms with van der Waals surface area (Å²) in [5, 5.41) is 1.22. The maximum Gasteiger partial charge on any atom is 0.419 e. The first-order valence-electron chi connectivity index (χ1n) is 9.82. The van der Waals surface area contributed by atoms with Crippen molar-refractivity contribution in [2.45, 2.75) is 18.8 Å². The third-order valence-corrected chi connectivity index (χ3v) is 4.95. The van der Waals surface area contributed by atoms with E-state index in [-0.39, 0.29) is 27.7 Å². The minimum atomic E-state index is -4.90. The van der Waals surface area contributed by atoms with E-state index in [1.807, 2.05) is 0 Å². The lowest BCUT2D eigenvalue weighted by Crippen LogP contribution is -2.29. The van der Waals surface area contributed by atoms with Crippen LogP contribution >= 0.6 is 11.6 Å². The number of benzene rings is 3. The Hall–Kier alpha value is -3.44.